The van der Waals surface area contributed by atoms with Gasteiger partial charge >= 0.3 is 6.03 Å². The number of likely N-dealkylation sites (tertiary alicyclic amines) is 1. The van der Waals surface area contributed by atoms with Gasteiger partial charge in [0, 0.05) is 37.3 Å². The number of carbonyl (C=O) groups excluding carboxylic acids is 1. The lowest BCUT2D eigenvalue weighted by molar-refractivity contribution is -0.385. The SMILES string of the molecule is Cc1c(CNC2CCN(C(N)=O)CC2)cccc1[N+](=O)[O-]. The molecule has 21 heavy (non-hydrogen) atoms. The van der Waals surface area contributed by atoms with E-state index in [1.54, 1.807) is 17.9 Å². The van der Waals surface area contributed by atoms with Crippen molar-refractivity contribution in [3.63, 3.8) is 0 Å². The van der Waals surface area contributed by atoms with E-state index < -0.39 is 0 Å². The third kappa shape index (κ3) is 3.69. The number of nitrogens with zero attached hydrogens (tertiary/aromatic N) is 2. The lowest BCUT2D eigenvalue weighted by Crippen LogP contribution is -2.46. The smallest absolute Gasteiger partial charge is 0.314 e. The molecule has 0 atom stereocenters. The first-order valence-corrected chi connectivity index (χ1v) is 6.99. The van der Waals surface area contributed by atoms with Crippen LogP contribution in [0.5, 0.6) is 0 Å². The number of nitro groups is 1. The Bertz CT molecular complexity index is 539. The zero-order valence-corrected chi connectivity index (χ0v) is 12.0. The second-order valence-corrected chi connectivity index (χ2v) is 5.30. The summed E-state index contributed by atoms with van der Waals surface area (Å²) in [6.45, 7) is 3.67. The first-order valence-electron chi connectivity index (χ1n) is 6.99. The topological polar surface area (TPSA) is 102 Å². The summed E-state index contributed by atoms with van der Waals surface area (Å²) in [5.41, 5.74) is 7.03. The van der Waals surface area contributed by atoms with Crippen molar-refractivity contribution in [2.24, 2.45) is 5.73 Å². The van der Waals surface area contributed by atoms with E-state index in [1.807, 2.05) is 6.07 Å². The zero-order chi connectivity index (χ0) is 15.4. The maximum Gasteiger partial charge on any atom is 0.314 e. The molecule has 0 bridgehead atoms. The van der Waals surface area contributed by atoms with Gasteiger partial charge in [0.15, 0.2) is 0 Å². The molecule has 0 spiro atoms. The van der Waals surface area contributed by atoms with Gasteiger partial charge in [-0.05, 0) is 25.3 Å². The third-order valence-electron chi connectivity index (χ3n) is 4.00. The number of piperidine rings is 1. The van der Waals surface area contributed by atoms with E-state index in [-0.39, 0.29) is 16.6 Å². The normalized spacial score (nSPS) is 16.0. The molecule has 1 heterocycles. The lowest BCUT2D eigenvalue weighted by Gasteiger charge is -2.31. The van der Waals surface area contributed by atoms with Crippen molar-refractivity contribution in [1.82, 2.24) is 10.2 Å². The van der Waals surface area contributed by atoms with Gasteiger partial charge in [-0.15, -0.1) is 0 Å². The Hall–Kier alpha value is -2.15. The Balaban J connectivity index is 1.91. The Kier molecular flexibility index (Phi) is 4.74. The third-order valence-corrected chi connectivity index (χ3v) is 4.00. The van der Waals surface area contributed by atoms with Crippen LogP contribution in [0, 0.1) is 17.0 Å². The molecule has 1 fully saturated rings. The molecule has 1 aliphatic heterocycles. The van der Waals surface area contributed by atoms with Crippen molar-refractivity contribution >= 4 is 11.7 Å². The summed E-state index contributed by atoms with van der Waals surface area (Å²) < 4.78 is 0. The number of hydrogen-bond acceptors (Lipinski definition) is 4. The molecule has 7 heteroatoms. The van der Waals surface area contributed by atoms with Crippen molar-refractivity contribution in [1.29, 1.82) is 0 Å². The van der Waals surface area contributed by atoms with Crippen LogP contribution >= 0.6 is 0 Å². The molecule has 2 amide bonds. The molecule has 114 valence electrons. The van der Waals surface area contributed by atoms with Crippen LogP contribution < -0.4 is 11.1 Å². The van der Waals surface area contributed by atoms with E-state index in [4.69, 9.17) is 5.73 Å². The van der Waals surface area contributed by atoms with Crippen LogP contribution in [0.1, 0.15) is 24.0 Å². The van der Waals surface area contributed by atoms with Crippen molar-refractivity contribution < 1.29 is 9.72 Å². The van der Waals surface area contributed by atoms with E-state index in [9.17, 15) is 14.9 Å². The van der Waals surface area contributed by atoms with Gasteiger partial charge < -0.3 is 16.0 Å². The summed E-state index contributed by atoms with van der Waals surface area (Å²) in [5.74, 6) is 0. The molecule has 7 nitrogen and oxygen atoms in total. The second-order valence-electron chi connectivity index (χ2n) is 5.30. The van der Waals surface area contributed by atoms with E-state index in [0.29, 0.717) is 31.2 Å². The van der Waals surface area contributed by atoms with Crippen LogP contribution in [0.25, 0.3) is 0 Å². The molecule has 0 aliphatic carbocycles. The predicted molar refractivity (Wildman–Crippen MR) is 78.9 cm³/mol. The summed E-state index contributed by atoms with van der Waals surface area (Å²) in [6, 6.07) is 5.05. The number of nitrogens with one attached hydrogen (secondary N) is 1. The standard InChI is InChI=1S/C14H20N4O3/c1-10-11(3-2-4-13(10)18(20)21)9-16-12-5-7-17(8-6-12)14(15)19/h2-4,12,16H,5-9H2,1H3,(H2,15,19). The van der Waals surface area contributed by atoms with Crippen molar-refractivity contribution in [3.05, 3.63) is 39.4 Å². The fourth-order valence-corrected chi connectivity index (χ4v) is 2.62. The molecule has 0 saturated carbocycles. The van der Waals surface area contributed by atoms with Gasteiger partial charge in [-0.3, -0.25) is 10.1 Å². The molecule has 3 N–H and O–H groups in total. The maximum atomic E-state index is 11.1. The average molecular weight is 292 g/mol. The summed E-state index contributed by atoms with van der Waals surface area (Å²) in [7, 11) is 0. The van der Waals surface area contributed by atoms with E-state index in [1.165, 1.54) is 6.07 Å². The highest BCUT2D eigenvalue weighted by Gasteiger charge is 2.21. The minimum atomic E-state index is -0.372. The highest BCUT2D eigenvalue weighted by molar-refractivity contribution is 5.72. The average Bonchev–Trinajstić information content (AvgIpc) is 2.46. The molecule has 0 unspecified atom stereocenters. The summed E-state index contributed by atoms with van der Waals surface area (Å²) >= 11 is 0. The molecular weight excluding hydrogens is 272 g/mol. The molecule has 1 aromatic rings. The van der Waals surface area contributed by atoms with Gasteiger partial charge in [0.25, 0.3) is 5.69 Å². The Labute approximate surface area is 123 Å². The zero-order valence-electron chi connectivity index (χ0n) is 12.0. The quantitative estimate of drug-likeness (QED) is 0.649. The Morgan fingerprint density at radius 3 is 2.71 bits per heavy atom. The number of carbonyl (C=O) groups is 1. The van der Waals surface area contributed by atoms with Gasteiger partial charge in [0.05, 0.1) is 4.92 Å². The number of rotatable bonds is 4. The van der Waals surface area contributed by atoms with Crippen LogP contribution in [-0.2, 0) is 6.54 Å². The largest absolute Gasteiger partial charge is 0.351 e. The Morgan fingerprint density at radius 2 is 2.14 bits per heavy atom. The summed E-state index contributed by atoms with van der Waals surface area (Å²) in [4.78, 5) is 23.2. The first kappa shape index (κ1) is 15.2. The van der Waals surface area contributed by atoms with Gasteiger partial charge in [-0.2, -0.15) is 0 Å². The monoisotopic (exact) mass is 292 g/mol. The van der Waals surface area contributed by atoms with Crippen LogP contribution in [0.15, 0.2) is 18.2 Å². The highest BCUT2D eigenvalue weighted by Crippen LogP contribution is 2.21. The second kappa shape index (κ2) is 6.53. The lowest BCUT2D eigenvalue weighted by atomic mass is 10.0. The summed E-state index contributed by atoms with van der Waals surface area (Å²) in [6.07, 6.45) is 1.69. The number of primary amides is 1. The fourth-order valence-electron chi connectivity index (χ4n) is 2.62. The minimum Gasteiger partial charge on any atom is -0.351 e. The summed E-state index contributed by atoms with van der Waals surface area (Å²) in [5, 5.41) is 14.3. The fraction of sp³-hybridized carbons (Fsp3) is 0.500. The van der Waals surface area contributed by atoms with Crippen LogP contribution in [0.3, 0.4) is 0 Å². The van der Waals surface area contributed by atoms with Crippen LogP contribution in [0.2, 0.25) is 0 Å². The van der Waals surface area contributed by atoms with Gasteiger partial charge in [-0.1, -0.05) is 12.1 Å². The number of amides is 2. The number of nitro benzene ring substituents is 1. The van der Waals surface area contributed by atoms with Crippen molar-refractivity contribution in [3.8, 4) is 0 Å². The van der Waals surface area contributed by atoms with Crippen molar-refractivity contribution in [2.75, 3.05) is 13.1 Å². The first-order chi connectivity index (χ1) is 9.99. The predicted octanol–water partition coefficient (Wildman–Crippen LogP) is 1.54. The number of benzene rings is 1. The van der Waals surface area contributed by atoms with Gasteiger partial charge in [0.1, 0.15) is 0 Å². The number of urea groups is 1. The van der Waals surface area contributed by atoms with Crippen molar-refractivity contribution in [2.45, 2.75) is 32.4 Å². The minimum absolute atomic E-state index is 0.151. The van der Waals surface area contributed by atoms with Crippen LogP contribution in [0.4, 0.5) is 10.5 Å². The molecule has 0 aromatic heterocycles. The molecule has 0 radical (unpaired) electrons. The Morgan fingerprint density at radius 1 is 1.48 bits per heavy atom. The highest BCUT2D eigenvalue weighted by atomic mass is 16.6. The molecule has 1 aliphatic rings. The number of nitrogens with two attached hydrogens (primary N) is 1. The van der Waals surface area contributed by atoms with E-state index in [0.717, 1.165) is 18.4 Å². The number of hydrogen-bond donors (Lipinski definition) is 2. The van der Waals surface area contributed by atoms with E-state index in [2.05, 4.69) is 5.32 Å². The van der Waals surface area contributed by atoms with Crippen LogP contribution in [-0.4, -0.2) is 35.0 Å². The molecule has 2 rings (SSSR count). The molecule has 1 aromatic carbocycles. The molecule has 1 saturated heterocycles. The molecular formula is C14H20N4O3. The van der Waals surface area contributed by atoms with Gasteiger partial charge in [0.2, 0.25) is 0 Å². The van der Waals surface area contributed by atoms with E-state index >= 15 is 0 Å². The van der Waals surface area contributed by atoms with Gasteiger partial charge in [-0.25, -0.2) is 4.79 Å². The maximum absolute atomic E-state index is 11.1.